The molecule has 2 amide bonds. The topological polar surface area (TPSA) is 65.0 Å². The standard InChI is InChI=1S/C25H30N4O2/c1-18-8-9-19(2)23(16-18)29-24(30)11-10-22(27-29)25(31)26-21-12-14-28(15-13-21)17-20-6-4-3-5-7-20/h3-9,16,21H,10-15,17H2,1-2H3,(H,26,31). The Morgan fingerprint density at radius 1 is 1.06 bits per heavy atom. The number of hydrazone groups is 1. The van der Waals surface area contributed by atoms with Crippen LogP contribution in [0, 0.1) is 13.8 Å². The van der Waals surface area contributed by atoms with Crippen molar-refractivity contribution in [2.45, 2.75) is 52.1 Å². The number of rotatable bonds is 5. The van der Waals surface area contributed by atoms with Crippen LogP contribution in [0.1, 0.15) is 42.4 Å². The predicted molar refractivity (Wildman–Crippen MR) is 123 cm³/mol. The molecule has 0 saturated carbocycles. The van der Waals surface area contributed by atoms with Gasteiger partial charge in [-0.15, -0.1) is 0 Å². The smallest absolute Gasteiger partial charge is 0.267 e. The molecule has 0 aliphatic carbocycles. The third-order valence-corrected chi connectivity index (χ3v) is 6.06. The monoisotopic (exact) mass is 418 g/mol. The number of piperidine rings is 1. The highest BCUT2D eigenvalue weighted by Gasteiger charge is 2.28. The molecule has 0 radical (unpaired) electrons. The summed E-state index contributed by atoms with van der Waals surface area (Å²) >= 11 is 0. The van der Waals surface area contributed by atoms with E-state index in [-0.39, 0.29) is 17.9 Å². The average molecular weight is 419 g/mol. The fourth-order valence-electron chi connectivity index (χ4n) is 4.20. The number of likely N-dealkylation sites (tertiary alicyclic amines) is 1. The van der Waals surface area contributed by atoms with Crippen molar-refractivity contribution in [3.8, 4) is 0 Å². The molecule has 2 aliphatic heterocycles. The van der Waals surface area contributed by atoms with E-state index in [0.29, 0.717) is 18.6 Å². The minimum atomic E-state index is -0.149. The molecule has 2 aromatic rings. The summed E-state index contributed by atoms with van der Waals surface area (Å²) in [7, 11) is 0. The Kier molecular flexibility index (Phi) is 6.47. The van der Waals surface area contributed by atoms with Crippen molar-refractivity contribution >= 4 is 23.2 Å². The summed E-state index contributed by atoms with van der Waals surface area (Å²) < 4.78 is 0. The average Bonchev–Trinajstić information content (AvgIpc) is 2.78. The third-order valence-electron chi connectivity index (χ3n) is 6.06. The molecule has 6 nitrogen and oxygen atoms in total. The number of benzene rings is 2. The summed E-state index contributed by atoms with van der Waals surface area (Å²) in [5.41, 5.74) is 4.53. The van der Waals surface area contributed by atoms with Gasteiger partial charge in [-0.2, -0.15) is 5.10 Å². The van der Waals surface area contributed by atoms with Crippen LogP contribution in [0.4, 0.5) is 5.69 Å². The molecule has 0 atom stereocenters. The quantitative estimate of drug-likeness (QED) is 0.807. The van der Waals surface area contributed by atoms with E-state index in [4.69, 9.17) is 0 Å². The van der Waals surface area contributed by atoms with Gasteiger partial charge < -0.3 is 5.32 Å². The van der Waals surface area contributed by atoms with Gasteiger partial charge in [-0.1, -0.05) is 42.5 Å². The molecule has 1 saturated heterocycles. The van der Waals surface area contributed by atoms with E-state index in [9.17, 15) is 9.59 Å². The normalized spacial score (nSPS) is 18.1. The van der Waals surface area contributed by atoms with E-state index >= 15 is 0 Å². The molecule has 1 N–H and O–H groups in total. The Morgan fingerprint density at radius 2 is 1.81 bits per heavy atom. The summed E-state index contributed by atoms with van der Waals surface area (Å²) in [6, 6.07) is 16.6. The number of aryl methyl sites for hydroxylation is 2. The molecular formula is C25H30N4O2. The first-order valence-electron chi connectivity index (χ1n) is 11.0. The van der Waals surface area contributed by atoms with Gasteiger partial charge in [0.2, 0.25) is 5.91 Å². The molecule has 4 rings (SSSR count). The van der Waals surface area contributed by atoms with Gasteiger partial charge in [0.05, 0.1) is 5.69 Å². The Hall–Kier alpha value is -2.99. The second kappa shape index (κ2) is 9.43. The first kappa shape index (κ1) is 21.2. The van der Waals surface area contributed by atoms with Crippen molar-refractivity contribution in [3.05, 3.63) is 65.2 Å². The molecule has 0 unspecified atom stereocenters. The van der Waals surface area contributed by atoms with Crippen molar-refractivity contribution in [1.82, 2.24) is 10.2 Å². The zero-order valence-electron chi connectivity index (χ0n) is 18.3. The van der Waals surface area contributed by atoms with Gasteiger partial charge in [0.15, 0.2) is 0 Å². The zero-order chi connectivity index (χ0) is 21.8. The Balaban J connectivity index is 1.36. The van der Waals surface area contributed by atoms with Crippen LogP contribution in [0.3, 0.4) is 0 Å². The number of amides is 2. The van der Waals surface area contributed by atoms with Crippen LogP contribution in [0.15, 0.2) is 53.6 Å². The van der Waals surface area contributed by atoms with E-state index in [1.165, 1.54) is 10.6 Å². The number of hydrogen-bond donors (Lipinski definition) is 1. The first-order valence-corrected chi connectivity index (χ1v) is 11.0. The van der Waals surface area contributed by atoms with E-state index in [1.807, 2.05) is 38.1 Å². The Morgan fingerprint density at radius 3 is 2.55 bits per heavy atom. The number of hydrogen-bond acceptors (Lipinski definition) is 4. The number of anilines is 1. The predicted octanol–water partition coefficient (Wildman–Crippen LogP) is 3.57. The fourth-order valence-corrected chi connectivity index (χ4v) is 4.20. The molecule has 2 aromatic carbocycles. The lowest BCUT2D eigenvalue weighted by Gasteiger charge is -2.32. The minimum absolute atomic E-state index is 0.0699. The van der Waals surface area contributed by atoms with Crippen molar-refractivity contribution in [3.63, 3.8) is 0 Å². The molecule has 162 valence electrons. The van der Waals surface area contributed by atoms with Gasteiger partial charge in [0.25, 0.3) is 5.91 Å². The Labute approximate surface area is 183 Å². The minimum Gasteiger partial charge on any atom is -0.348 e. The number of carbonyl (C=O) groups is 2. The first-order chi connectivity index (χ1) is 15.0. The summed E-state index contributed by atoms with van der Waals surface area (Å²) in [5, 5.41) is 9.01. The molecule has 31 heavy (non-hydrogen) atoms. The molecule has 2 aliphatic rings. The van der Waals surface area contributed by atoms with Crippen LogP contribution < -0.4 is 10.3 Å². The van der Waals surface area contributed by atoms with Crippen LogP contribution in [0.25, 0.3) is 0 Å². The number of nitrogens with zero attached hydrogens (tertiary/aromatic N) is 3. The molecule has 0 bridgehead atoms. The van der Waals surface area contributed by atoms with Gasteiger partial charge in [-0.25, -0.2) is 5.01 Å². The lowest BCUT2D eigenvalue weighted by Crippen LogP contribution is -2.47. The maximum Gasteiger partial charge on any atom is 0.267 e. The van der Waals surface area contributed by atoms with Crippen molar-refractivity contribution in [2.75, 3.05) is 18.1 Å². The molecular weight excluding hydrogens is 388 g/mol. The summed E-state index contributed by atoms with van der Waals surface area (Å²) in [4.78, 5) is 27.8. The largest absolute Gasteiger partial charge is 0.348 e. The highest BCUT2D eigenvalue weighted by Crippen LogP contribution is 2.25. The highest BCUT2D eigenvalue weighted by atomic mass is 16.2. The van der Waals surface area contributed by atoms with E-state index in [2.05, 4.69) is 39.6 Å². The maximum atomic E-state index is 12.9. The second-order valence-electron chi connectivity index (χ2n) is 8.55. The van der Waals surface area contributed by atoms with Gasteiger partial charge in [-0.05, 0) is 49.4 Å². The fraction of sp³-hybridized carbons (Fsp3) is 0.400. The molecule has 0 aromatic heterocycles. The molecule has 6 heteroatoms. The molecule has 2 heterocycles. The second-order valence-corrected chi connectivity index (χ2v) is 8.55. The van der Waals surface area contributed by atoms with Crippen molar-refractivity contribution < 1.29 is 9.59 Å². The SMILES string of the molecule is Cc1ccc(C)c(N2N=C(C(=O)NC3CCN(Cc4ccccc4)CC3)CCC2=O)c1. The lowest BCUT2D eigenvalue weighted by molar-refractivity contribution is -0.119. The van der Waals surface area contributed by atoms with Gasteiger partial charge in [-0.3, -0.25) is 14.5 Å². The van der Waals surface area contributed by atoms with Crippen LogP contribution in [0.5, 0.6) is 0 Å². The third kappa shape index (κ3) is 5.20. The van der Waals surface area contributed by atoms with E-state index in [0.717, 1.165) is 49.3 Å². The van der Waals surface area contributed by atoms with Crippen LogP contribution in [-0.2, 0) is 16.1 Å². The highest BCUT2D eigenvalue weighted by molar-refractivity contribution is 6.40. The summed E-state index contributed by atoms with van der Waals surface area (Å²) in [6.45, 7) is 6.80. The number of nitrogens with one attached hydrogen (secondary N) is 1. The summed E-state index contributed by atoms with van der Waals surface area (Å²) in [5.74, 6) is -0.219. The maximum absolute atomic E-state index is 12.9. The zero-order valence-corrected chi connectivity index (χ0v) is 18.3. The summed E-state index contributed by atoms with van der Waals surface area (Å²) in [6.07, 6.45) is 2.53. The lowest BCUT2D eigenvalue weighted by atomic mass is 10.0. The van der Waals surface area contributed by atoms with Crippen LogP contribution >= 0.6 is 0 Å². The van der Waals surface area contributed by atoms with Crippen LogP contribution in [-0.4, -0.2) is 41.6 Å². The van der Waals surface area contributed by atoms with Gasteiger partial charge in [0, 0.05) is 38.5 Å². The van der Waals surface area contributed by atoms with E-state index in [1.54, 1.807) is 0 Å². The number of carbonyl (C=O) groups excluding carboxylic acids is 2. The molecule has 1 fully saturated rings. The van der Waals surface area contributed by atoms with Gasteiger partial charge >= 0.3 is 0 Å². The van der Waals surface area contributed by atoms with Crippen molar-refractivity contribution in [2.24, 2.45) is 5.10 Å². The molecule has 0 spiro atoms. The van der Waals surface area contributed by atoms with Crippen molar-refractivity contribution in [1.29, 1.82) is 0 Å². The van der Waals surface area contributed by atoms with E-state index < -0.39 is 0 Å². The Bertz CT molecular complexity index is 978. The van der Waals surface area contributed by atoms with Gasteiger partial charge in [0.1, 0.15) is 5.71 Å². The van der Waals surface area contributed by atoms with Crippen LogP contribution in [0.2, 0.25) is 0 Å².